The van der Waals surface area contributed by atoms with Crippen LogP contribution in [0.1, 0.15) is 36.2 Å². The van der Waals surface area contributed by atoms with Gasteiger partial charge in [0.05, 0.1) is 17.8 Å². The molecule has 1 aliphatic heterocycles. The Morgan fingerprint density at radius 1 is 1.30 bits per heavy atom. The highest BCUT2D eigenvalue weighted by Gasteiger charge is 2.33. The molecule has 0 unspecified atom stereocenters. The molecule has 0 spiro atoms. The number of aromatic nitrogens is 2. The molecule has 2 heterocycles. The Morgan fingerprint density at radius 3 is 2.59 bits per heavy atom. The first-order chi connectivity index (χ1) is 12.8. The van der Waals surface area contributed by atoms with Crippen LogP contribution < -0.4 is 0 Å². The minimum Gasteiger partial charge on any atom is -0.336 e. The molecule has 1 aliphatic rings. The molecule has 0 radical (unpaired) electrons. The Bertz CT molecular complexity index is 816. The highest BCUT2D eigenvalue weighted by atomic mass is 19.1. The van der Waals surface area contributed by atoms with Crippen LogP contribution in [-0.4, -0.2) is 50.5 Å². The average molecular weight is 372 g/mol. The summed E-state index contributed by atoms with van der Waals surface area (Å²) in [6.45, 7) is 5.37. The summed E-state index contributed by atoms with van der Waals surface area (Å²) in [6.07, 6.45) is 3.52. The van der Waals surface area contributed by atoms with Crippen LogP contribution in [0.5, 0.6) is 0 Å². The zero-order valence-electron chi connectivity index (χ0n) is 15.9. The molecule has 1 fully saturated rings. The molecule has 144 valence electrons. The van der Waals surface area contributed by atoms with Crippen molar-refractivity contribution in [3.8, 4) is 0 Å². The van der Waals surface area contributed by atoms with E-state index in [0.717, 1.165) is 5.56 Å². The smallest absolute Gasteiger partial charge is 0.257 e. The van der Waals surface area contributed by atoms with E-state index in [4.69, 9.17) is 0 Å². The van der Waals surface area contributed by atoms with Gasteiger partial charge >= 0.3 is 0 Å². The lowest BCUT2D eigenvalue weighted by Gasteiger charge is -2.34. The summed E-state index contributed by atoms with van der Waals surface area (Å²) in [5.41, 5.74) is 1.40. The molecule has 0 N–H and O–H groups in total. The summed E-state index contributed by atoms with van der Waals surface area (Å²) in [4.78, 5) is 29.2. The van der Waals surface area contributed by atoms with Crippen molar-refractivity contribution in [3.63, 3.8) is 0 Å². The van der Waals surface area contributed by atoms with Gasteiger partial charge in [0.15, 0.2) is 0 Å². The molecule has 7 heteroatoms. The second-order valence-corrected chi connectivity index (χ2v) is 7.36. The van der Waals surface area contributed by atoms with E-state index < -0.39 is 0 Å². The number of carbonyl (C=O) groups is 2. The van der Waals surface area contributed by atoms with E-state index >= 15 is 0 Å². The molecule has 0 bridgehead atoms. The zero-order chi connectivity index (χ0) is 19.6. The number of nitrogens with zero attached hydrogens (tertiary/aromatic N) is 4. The Hall–Kier alpha value is -2.70. The highest BCUT2D eigenvalue weighted by Crippen LogP contribution is 2.22. The third-order valence-electron chi connectivity index (χ3n) is 5.00. The number of carbonyl (C=O) groups excluding carboxylic acids is 2. The van der Waals surface area contributed by atoms with Gasteiger partial charge in [0.2, 0.25) is 5.91 Å². The molecule has 1 saturated heterocycles. The molecule has 1 aromatic carbocycles. The van der Waals surface area contributed by atoms with Crippen molar-refractivity contribution in [2.24, 2.45) is 13.0 Å². The predicted molar refractivity (Wildman–Crippen MR) is 99.3 cm³/mol. The SMILES string of the molecule is CC(C)[C@H]1CN(C(=O)c2cnn(C)c2)CCC(=O)N1Cc1ccc(F)cc1. The van der Waals surface area contributed by atoms with Crippen LogP contribution in [-0.2, 0) is 18.4 Å². The van der Waals surface area contributed by atoms with Crippen molar-refractivity contribution >= 4 is 11.8 Å². The monoisotopic (exact) mass is 372 g/mol. The van der Waals surface area contributed by atoms with Gasteiger partial charge in [0, 0.05) is 39.3 Å². The Morgan fingerprint density at radius 2 is 2.00 bits per heavy atom. The molecule has 6 nitrogen and oxygen atoms in total. The number of benzene rings is 1. The highest BCUT2D eigenvalue weighted by molar-refractivity contribution is 5.94. The minimum absolute atomic E-state index is 0.0134. The summed E-state index contributed by atoms with van der Waals surface area (Å²) in [5, 5.41) is 4.06. The van der Waals surface area contributed by atoms with Gasteiger partial charge in [-0.3, -0.25) is 14.3 Å². The van der Waals surface area contributed by atoms with E-state index in [9.17, 15) is 14.0 Å². The van der Waals surface area contributed by atoms with Crippen LogP contribution in [0.15, 0.2) is 36.7 Å². The zero-order valence-corrected chi connectivity index (χ0v) is 15.9. The van der Waals surface area contributed by atoms with Crippen molar-refractivity contribution in [3.05, 3.63) is 53.6 Å². The summed E-state index contributed by atoms with van der Waals surface area (Å²) in [6, 6.07) is 6.10. The average Bonchev–Trinajstić information content (AvgIpc) is 3.00. The normalized spacial score (nSPS) is 18.1. The fourth-order valence-corrected chi connectivity index (χ4v) is 3.44. The lowest BCUT2D eigenvalue weighted by molar-refractivity contribution is -0.134. The number of aryl methyl sites for hydroxylation is 1. The van der Waals surface area contributed by atoms with Gasteiger partial charge < -0.3 is 9.80 Å². The number of hydrogen-bond acceptors (Lipinski definition) is 3. The number of hydrogen-bond donors (Lipinski definition) is 0. The molecule has 1 aromatic heterocycles. The summed E-state index contributed by atoms with van der Waals surface area (Å²) in [7, 11) is 1.77. The molecule has 1 atom stereocenters. The Kier molecular flexibility index (Phi) is 5.58. The van der Waals surface area contributed by atoms with E-state index in [1.807, 2.05) is 18.7 Å². The standard InChI is InChI=1S/C20H25FN4O2/c1-14(2)18-13-24(20(27)16-10-22-23(3)12-16)9-8-19(26)25(18)11-15-4-6-17(21)7-5-15/h4-7,10,12,14,18H,8-9,11,13H2,1-3H3/t18-/m1/s1. The second kappa shape index (κ2) is 7.90. The van der Waals surface area contributed by atoms with Crippen molar-refractivity contribution in [1.29, 1.82) is 0 Å². The quantitative estimate of drug-likeness (QED) is 0.828. The fraction of sp³-hybridized carbons (Fsp3) is 0.450. The van der Waals surface area contributed by atoms with E-state index in [2.05, 4.69) is 5.10 Å². The van der Waals surface area contributed by atoms with Gasteiger partial charge in [-0.25, -0.2) is 4.39 Å². The lowest BCUT2D eigenvalue weighted by Crippen LogP contribution is -2.47. The maximum Gasteiger partial charge on any atom is 0.257 e. The third-order valence-corrected chi connectivity index (χ3v) is 5.00. The number of amides is 2. The van der Waals surface area contributed by atoms with Crippen LogP contribution in [0.3, 0.4) is 0 Å². The van der Waals surface area contributed by atoms with Crippen molar-refractivity contribution < 1.29 is 14.0 Å². The van der Waals surface area contributed by atoms with Crippen molar-refractivity contribution in [2.75, 3.05) is 13.1 Å². The molecule has 2 amide bonds. The Labute approximate surface area is 158 Å². The molecule has 3 rings (SSSR count). The molecular weight excluding hydrogens is 347 g/mol. The van der Waals surface area contributed by atoms with Crippen LogP contribution in [0.2, 0.25) is 0 Å². The predicted octanol–water partition coefficient (Wildman–Crippen LogP) is 2.46. The third kappa shape index (κ3) is 4.35. The lowest BCUT2D eigenvalue weighted by atomic mass is 10.0. The maximum atomic E-state index is 13.2. The number of halogens is 1. The van der Waals surface area contributed by atoms with Gasteiger partial charge in [0.25, 0.3) is 5.91 Å². The van der Waals surface area contributed by atoms with Crippen LogP contribution in [0.25, 0.3) is 0 Å². The largest absolute Gasteiger partial charge is 0.336 e. The van der Waals surface area contributed by atoms with E-state index in [0.29, 0.717) is 25.2 Å². The van der Waals surface area contributed by atoms with Gasteiger partial charge in [-0.05, 0) is 23.6 Å². The van der Waals surface area contributed by atoms with E-state index in [-0.39, 0.29) is 36.0 Å². The van der Waals surface area contributed by atoms with Crippen LogP contribution >= 0.6 is 0 Å². The molecular formula is C20H25FN4O2. The van der Waals surface area contributed by atoms with Gasteiger partial charge in [-0.1, -0.05) is 26.0 Å². The molecule has 0 aliphatic carbocycles. The maximum absolute atomic E-state index is 13.2. The summed E-state index contributed by atoms with van der Waals surface area (Å²) in [5.74, 6) is -0.212. The summed E-state index contributed by atoms with van der Waals surface area (Å²) < 4.78 is 14.8. The Balaban J connectivity index is 1.81. The van der Waals surface area contributed by atoms with Gasteiger partial charge in [-0.2, -0.15) is 5.10 Å². The first-order valence-corrected chi connectivity index (χ1v) is 9.17. The van der Waals surface area contributed by atoms with Gasteiger partial charge in [-0.15, -0.1) is 0 Å². The van der Waals surface area contributed by atoms with E-state index in [1.54, 1.807) is 41.2 Å². The van der Waals surface area contributed by atoms with Gasteiger partial charge in [0.1, 0.15) is 5.82 Å². The minimum atomic E-state index is -0.297. The van der Waals surface area contributed by atoms with Crippen LogP contribution in [0.4, 0.5) is 4.39 Å². The first kappa shape index (κ1) is 19.1. The van der Waals surface area contributed by atoms with E-state index in [1.165, 1.54) is 12.1 Å². The topological polar surface area (TPSA) is 58.4 Å². The fourth-order valence-electron chi connectivity index (χ4n) is 3.44. The molecule has 0 saturated carbocycles. The first-order valence-electron chi connectivity index (χ1n) is 9.17. The summed E-state index contributed by atoms with van der Waals surface area (Å²) >= 11 is 0. The number of rotatable bonds is 4. The second-order valence-electron chi connectivity index (χ2n) is 7.36. The molecule has 2 aromatic rings. The van der Waals surface area contributed by atoms with Crippen molar-refractivity contribution in [2.45, 2.75) is 32.9 Å². The molecule has 27 heavy (non-hydrogen) atoms. The van der Waals surface area contributed by atoms with Crippen LogP contribution in [0, 0.1) is 11.7 Å². The van der Waals surface area contributed by atoms with Crippen molar-refractivity contribution in [1.82, 2.24) is 19.6 Å².